The Kier molecular flexibility index (Phi) is 9.44. The van der Waals surface area contributed by atoms with Crippen LogP contribution in [0.1, 0.15) is 81.6 Å². The van der Waals surface area contributed by atoms with Crippen LogP contribution in [0.2, 0.25) is 0 Å². The average molecular weight is 724 g/mol. The second kappa shape index (κ2) is 13.1. The highest BCUT2D eigenvalue weighted by molar-refractivity contribution is 6.01. The minimum Gasteiger partial charge on any atom is -0.481 e. The summed E-state index contributed by atoms with van der Waals surface area (Å²) in [4.78, 5) is 73.4. The van der Waals surface area contributed by atoms with Gasteiger partial charge in [-0.05, 0) is 117 Å². The molecule has 284 valence electrons. The van der Waals surface area contributed by atoms with E-state index in [1.165, 1.54) is 9.80 Å². The molecule has 52 heavy (non-hydrogen) atoms. The van der Waals surface area contributed by atoms with Crippen LogP contribution in [0.25, 0.3) is 0 Å². The number of hydrogen-bond acceptors (Lipinski definition) is 9. The summed E-state index contributed by atoms with van der Waals surface area (Å²) in [5, 5.41) is 11.9. The van der Waals surface area contributed by atoms with E-state index < -0.39 is 47.0 Å². The molecule has 5 fully saturated rings. The van der Waals surface area contributed by atoms with Crippen LogP contribution in [0.15, 0.2) is 36.5 Å². The highest BCUT2D eigenvalue weighted by Gasteiger charge is 2.64. The molecule has 1 unspecified atom stereocenters. The van der Waals surface area contributed by atoms with Crippen LogP contribution >= 0.6 is 0 Å². The van der Waals surface area contributed by atoms with Crippen molar-refractivity contribution in [2.45, 2.75) is 117 Å². The number of likely N-dealkylation sites (tertiary alicyclic amines) is 2. The molecular formula is C39H53N3O10. The number of alkyl carbamates (subject to hydrolysis) is 1. The lowest BCUT2D eigenvalue weighted by Gasteiger charge is -2.46. The second-order valence-corrected chi connectivity index (χ2v) is 18.3. The molecule has 3 saturated carbocycles. The van der Waals surface area contributed by atoms with Gasteiger partial charge in [-0.3, -0.25) is 14.4 Å². The van der Waals surface area contributed by atoms with Crippen molar-refractivity contribution >= 4 is 36.1 Å². The van der Waals surface area contributed by atoms with E-state index in [1.54, 1.807) is 20.8 Å². The predicted molar refractivity (Wildman–Crippen MR) is 187 cm³/mol. The molecule has 12 atom stereocenters. The summed E-state index contributed by atoms with van der Waals surface area (Å²) < 4.78 is 15.7. The highest BCUT2D eigenvalue weighted by Crippen LogP contribution is 2.54. The van der Waals surface area contributed by atoms with Gasteiger partial charge in [-0.2, -0.15) is 0 Å². The molecule has 8 aliphatic rings. The first-order chi connectivity index (χ1) is 24.0. The topological polar surface area (TPSA) is 169 Å². The predicted octanol–water partition coefficient (Wildman–Crippen LogP) is 5.70. The molecule has 0 aromatic rings. The van der Waals surface area contributed by atoms with Gasteiger partial charge in [0, 0.05) is 0 Å². The number of allylic oxidation sites excluding steroid dienone is 3. The number of aliphatic carboxylic acids is 1. The molecule has 2 aliphatic heterocycles. The van der Waals surface area contributed by atoms with Crippen molar-refractivity contribution in [3.8, 4) is 0 Å². The first-order valence-corrected chi connectivity index (χ1v) is 18.4. The minimum absolute atomic E-state index is 0.0347. The number of amides is 5. The number of β-lactam (4-membered cyclic amide) rings is 2. The number of carboxylic acids is 1. The molecule has 0 aromatic heterocycles. The van der Waals surface area contributed by atoms with Crippen LogP contribution in [0.5, 0.6) is 0 Å². The van der Waals surface area contributed by atoms with Gasteiger partial charge in [0.05, 0.1) is 35.9 Å². The van der Waals surface area contributed by atoms with Crippen LogP contribution in [0.3, 0.4) is 0 Å². The number of nitrogens with zero attached hydrogens (tertiary/aromatic N) is 2. The van der Waals surface area contributed by atoms with E-state index in [2.05, 4.69) is 29.6 Å². The molecule has 0 spiro atoms. The molecule has 2 heterocycles. The monoisotopic (exact) mass is 723 g/mol. The lowest BCUT2D eigenvalue weighted by atomic mass is 9.80. The number of imide groups is 2. The van der Waals surface area contributed by atoms with Crippen molar-refractivity contribution in [1.82, 2.24) is 15.1 Å². The van der Waals surface area contributed by atoms with E-state index in [-0.39, 0.29) is 53.6 Å². The van der Waals surface area contributed by atoms with Gasteiger partial charge in [-0.25, -0.2) is 24.2 Å². The molecule has 2 N–H and O–H groups in total. The Morgan fingerprint density at radius 3 is 1.37 bits per heavy atom. The number of carbonyl (C=O) groups excluding carboxylic acids is 5. The zero-order valence-electron chi connectivity index (χ0n) is 31.5. The lowest BCUT2D eigenvalue weighted by Crippen LogP contribution is -2.65. The van der Waals surface area contributed by atoms with E-state index in [1.807, 2.05) is 53.7 Å². The van der Waals surface area contributed by atoms with Crippen molar-refractivity contribution in [3.05, 3.63) is 36.5 Å². The maximum atomic E-state index is 12.0. The smallest absolute Gasteiger partial charge is 0.417 e. The fourth-order valence-electron chi connectivity index (χ4n) is 9.25. The molecule has 0 radical (unpaired) electrons. The van der Waals surface area contributed by atoms with Gasteiger partial charge in [0.1, 0.15) is 16.8 Å². The Bertz CT molecular complexity index is 1530. The normalized spacial score (nSPS) is 36.5. The Morgan fingerprint density at radius 2 is 0.962 bits per heavy atom. The van der Waals surface area contributed by atoms with E-state index in [0.29, 0.717) is 23.7 Å². The van der Waals surface area contributed by atoms with Gasteiger partial charge in [0.15, 0.2) is 0 Å². The third kappa shape index (κ3) is 7.11. The molecule has 6 aliphatic carbocycles. The molecule has 6 bridgehead atoms. The number of rotatable bonds is 2. The van der Waals surface area contributed by atoms with Crippen molar-refractivity contribution in [2.75, 3.05) is 0 Å². The summed E-state index contributed by atoms with van der Waals surface area (Å²) in [6, 6.07) is -0.230. The molecule has 13 nitrogen and oxygen atoms in total. The standard InChI is InChI=1S/C13H19NO4.2C13H17NO3/c1-13(2,3)18-12(17)14-10-8-5-4-7(6-8)9(10)11(15)16;2*1-13(2,3)17-12(16)14-10-8-5-4-7(6-8)9(10)11(14)15/h4-5,7-10H,6H2,1-3H3,(H,14,17)(H,15,16);2*4-5,7-10H,6H2,1-3H3/t7-,8+,9-,10+;7-,8+,9+,10?;7-,8+,9-,10+/m111/s1. The molecule has 2 saturated heterocycles. The quantitative estimate of drug-likeness (QED) is 0.205. The van der Waals surface area contributed by atoms with Crippen LogP contribution in [0, 0.1) is 53.3 Å². The number of ether oxygens (including phenoxy) is 3. The zero-order chi connectivity index (χ0) is 38.2. The number of hydrogen-bond donors (Lipinski definition) is 2. The molecule has 13 heteroatoms. The van der Waals surface area contributed by atoms with Crippen molar-refractivity contribution in [1.29, 1.82) is 0 Å². The van der Waals surface area contributed by atoms with Crippen LogP contribution in [-0.2, 0) is 28.6 Å². The third-order valence-corrected chi connectivity index (χ3v) is 11.1. The van der Waals surface area contributed by atoms with Crippen LogP contribution in [0.4, 0.5) is 14.4 Å². The SMILES string of the molecule is CC(C)(C)OC(=O)N1C(=O)[C@@H]2C1[C@H]1C=C[C@@H]2C1.CC(C)(C)OC(=O)N1C(=O)[C@H]2[C@@H]1[C@H]1C=C[C@@H]2C1.CC(C)(C)OC(=O)N[C@@H]1[C@H](C(=O)O)[C@@H]2C=C[C@H]1C2. The number of fused-ring (bicyclic) bond motifs is 12. The maximum Gasteiger partial charge on any atom is 0.417 e. The average Bonchev–Trinajstić information content (AvgIpc) is 3.82. The summed E-state index contributed by atoms with van der Waals surface area (Å²) in [7, 11) is 0. The zero-order valence-corrected chi connectivity index (χ0v) is 31.5. The third-order valence-electron chi connectivity index (χ3n) is 11.1. The summed E-state index contributed by atoms with van der Waals surface area (Å²) in [5.74, 6) is 0.159. The van der Waals surface area contributed by atoms with Gasteiger partial charge >= 0.3 is 24.2 Å². The van der Waals surface area contributed by atoms with E-state index >= 15 is 0 Å². The Balaban J connectivity index is 0.000000134. The van der Waals surface area contributed by atoms with Gasteiger partial charge < -0.3 is 24.6 Å². The summed E-state index contributed by atoms with van der Waals surface area (Å²) >= 11 is 0. The number of carboxylic acid groups (broad SMARTS) is 1. The summed E-state index contributed by atoms with van der Waals surface area (Å²) in [6.07, 6.45) is 13.8. The van der Waals surface area contributed by atoms with Crippen molar-refractivity contribution < 1.29 is 48.1 Å². The molecular weight excluding hydrogens is 670 g/mol. The minimum atomic E-state index is -0.854. The summed E-state index contributed by atoms with van der Waals surface area (Å²) in [6.45, 7) is 16.2. The van der Waals surface area contributed by atoms with Crippen molar-refractivity contribution in [3.63, 3.8) is 0 Å². The first-order valence-electron chi connectivity index (χ1n) is 18.4. The van der Waals surface area contributed by atoms with E-state index in [9.17, 15) is 33.9 Å². The van der Waals surface area contributed by atoms with Crippen LogP contribution < -0.4 is 5.32 Å². The van der Waals surface area contributed by atoms with Crippen LogP contribution in [-0.4, -0.2) is 85.9 Å². The van der Waals surface area contributed by atoms with E-state index in [0.717, 1.165) is 19.3 Å². The maximum absolute atomic E-state index is 12.0. The largest absolute Gasteiger partial charge is 0.481 e. The highest BCUT2D eigenvalue weighted by atomic mass is 16.6. The van der Waals surface area contributed by atoms with Gasteiger partial charge in [0.2, 0.25) is 11.8 Å². The second-order valence-electron chi connectivity index (χ2n) is 18.3. The molecule has 0 aromatic carbocycles. The lowest BCUT2D eigenvalue weighted by molar-refractivity contribution is -0.155. The van der Waals surface area contributed by atoms with E-state index in [4.69, 9.17) is 14.2 Å². The Labute approximate surface area is 305 Å². The number of carbonyl (C=O) groups is 6. The van der Waals surface area contributed by atoms with Crippen molar-refractivity contribution in [2.24, 2.45) is 53.3 Å². The Hall–Kier alpha value is -4.16. The van der Waals surface area contributed by atoms with Gasteiger partial charge in [-0.1, -0.05) is 36.5 Å². The van der Waals surface area contributed by atoms with Gasteiger partial charge in [0.25, 0.3) is 0 Å². The fraction of sp³-hybridized carbons (Fsp3) is 0.692. The number of nitrogens with one attached hydrogen (secondary N) is 1. The Morgan fingerprint density at radius 1 is 0.596 bits per heavy atom. The molecule has 5 amide bonds. The molecule has 8 rings (SSSR count). The van der Waals surface area contributed by atoms with Gasteiger partial charge in [-0.15, -0.1) is 0 Å². The summed E-state index contributed by atoms with van der Waals surface area (Å²) in [5.41, 5.74) is -1.66. The fourth-order valence-corrected chi connectivity index (χ4v) is 9.25. The first kappa shape index (κ1) is 37.6.